The maximum Gasteiger partial charge on any atom is 0.346 e. The highest BCUT2D eigenvalue weighted by Crippen LogP contribution is 2.47. The summed E-state index contributed by atoms with van der Waals surface area (Å²) in [6, 6.07) is 21.3. The highest BCUT2D eigenvalue weighted by atomic mass is 16.8. The van der Waals surface area contributed by atoms with Gasteiger partial charge < -0.3 is 18.9 Å². The molecule has 2 atom stereocenters. The molecule has 0 spiro atoms. The van der Waals surface area contributed by atoms with Crippen molar-refractivity contribution in [1.29, 1.82) is 0 Å². The lowest BCUT2D eigenvalue weighted by molar-refractivity contribution is -0.157. The molecule has 0 amide bonds. The Balaban J connectivity index is 1.93. The number of hydrogen-bond acceptors (Lipinski definition) is 7. The standard InChI is InChI=1S/C30H30O7/c1-29(2,3)28-36-27(33)30(37-28,21-9-7-6-8-10-21)24(25(31)19-11-15-22(34-4)16-12-19)26(32)20-13-17-23(35-5)18-14-20/h6-18,24,28H,1-5H3/t28-,30-/m1/s1. The topological polar surface area (TPSA) is 88.1 Å². The number of hydrogen-bond donors (Lipinski definition) is 0. The Morgan fingerprint density at radius 1 is 0.784 bits per heavy atom. The number of Topliss-reactive ketones (excluding diaryl/α,β-unsaturated/α-hetero) is 2. The van der Waals surface area contributed by atoms with Gasteiger partial charge in [-0.2, -0.15) is 0 Å². The molecule has 0 aromatic heterocycles. The third-order valence-corrected chi connectivity index (χ3v) is 6.40. The summed E-state index contributed by atoms with van der Waals surface area (Å²) < 4.78 is 22.5. The van der Waals surface area contributed by atoms with E-state index in [0.29, 0.717) is 17.1 Å². The Bertz CT molecular complexity index is 1210. The van der Waals surface area contributed by atoms with Gasteiger partial charge in [0.25, 0.3) is 0 Å². The van der Waals surface area contributed by atoms with E-state index in [4.69, 9.17) is 18.9 Å². The van der Waals surface area contributed by atoms with Crippen LogP contribution < -0.4 is 9.47 Å². The first-order chi connectivity index (χ1) is 17.6. The molecule has 0 bridgehead atoms. The van der Waals surface area contributed by atoms with Crippen LogP contribution in [0.3, 0.4) is 0 Å². The minimum Gasteiger partial charge on any atom is -0.497 e. The van der Waals surface area contributed by atoms with Crippen molar-refractivity contribution in [2.24, 2.45) is 11.3 Å². The fourth-order valence-corrected chi connectivity index (χ4v) is 4.34. The summed E-state index contributed by atoms with van der Waals surface area (Å²) in [6.07, 6.45) is -0.977. The number of ether oxygens (including phenoxy) is 4. The van der Waals surface area contributed by atoms with Gasteiger partial charge in [-0.15, -0.1) is 0 Å². The number of carbonyl (C=O) groups excluding carboxylic acids is 3. The van der Waals surface area contributed by atoms with Gasteiger partial charge in [-0.3, -0.25) is 9.59 Å². The second kappa shape index (κ2) is 10.2. The minimum atomic E-state index is -1.99. The average molecular weight is 503 g/mol. The van der Waals surface area contributed by atoms with Crippen LogP contribution in [-0.4, -0.2) is 38.0 Å². The van der Waals surface area contributed by atoms with Crippen molar-refractivity contribution in [1.82, 2.24) is 0 Å². The van der Waals surface area contributed by atoms with E-state index in [1.54, 1.807) is 78.9 Å². The molecular formula is C30H30O7. The zero-order valence-electron chi connectivity index (χ0n) is 21.5. The van der Waals surface area contributed by atoms with Crippen LogP contribution in [0.2, 0.25) is 0 Å². The maximum atomic E-state index is 14.2. The van der Waals surface area contributed by atoms with Crippen LogP contribution in [0.25, 0.3) is 0 Å². The van der Waals surface area contributed by atoms with Gasteiger partial charge in [0.15, 0.2) is 11.6 Å². The predicted molar refractivity (Wildman–Crippen MR) is 137 cm³/mol. The van der Waals surface area contributed by atoms with Gasteiger partial charge in [0.1, 0.15) is 17.4 Å². The second-order valence-corrected chi connectivity index (χ2v) is 9.94. The quantitative estimate of drug-likeness (QED) is 0.237. The summed E-state index contributed by atoms with van der Waals surface area (Å²) in [5.74, 6) is -2.38. The van der Waals surface area contributed by atoms with Gasteiger partial charge in [0, 0.05) is 16.5 Å². The number of carbonyl (C=O) groups is 3. The summed E-state index contributed by atoms with van der Waals surface area (Å²) in [4.78, 5) is 42.1. The van der Waals surface area contributed by atoms with E-state index >= 15 is 0 Å². The van der Waals surface area contributed by atoms with Crippen LogP contribution in [0.4, 0.5) is 0 Å². The Labute approximate surface area is 216 Å². The monoisotopic (exact) mass is 502 g/mol. The van der Waals surface area contributed by atoms with Crippen molar-refractivity contribution in [2.75, 3.05) is 14.2 Å². The summed E-state index contributed by atoms with van der Waals surface area (Å²) in [6.45, 7) is 5.58. The molecule has 3 aromatic rings. The second-order valence-electron chi connectivity index (χ2n) is 9.94. The van der Waals surface area contributed by atoms with Crippen LogP contribution >= 0.6 is 0 Å². The summed E-state index contributed by atoms with van der Waals surface area (Å²) >= 11 is 0. The smallest absolute Gasteiger partial charge is 0.346 e. The third-order valence-electron chi connectivity index (χ3n) is 6.40. The molecule has 7 nitrogen and oxygen atoms in total. The number of methoxy groups -OCH3 is 2. The normalized spacial score (nSPS) is 19.4. The molecule has 3 aromatic carbocycles. The average Bonchev–Trinajstić information content (AvgIpc) is 3.27. The van der Waals surface area contributed by atoms with Crippen LogP contribution in [0.1, 0.15) is 47.1 Å². The molecule has 4 rings (SSSR count). The Hall–Kier alpha value is -3.97. The lowest BCUT2D eigenvalue weighted by atomic mass is 9.73. The zero-order valence-corrected chi connectivity index (χ0v) is 21.5. The maximum absolute atomic E-state index is 14.2. The summed E-state index contributed by atoms with van der Waals surface area (Å²) in [5.41, 5.74) is -1.77. The van der Waals surface area contributed by atoms with E-state index in [1.807, 2.05) is 20.8 Å². The molecule has 1 fully saturated rings. The van der Waals surface area contributed by atoms with E-state index in [9.17, 15) is 14.4 Å². The molecule has 7 heteroatoms. The van der Waals surface area contributed by atoms with E-state index in [2.05, 4.69) is 0 Å². The summed E-state index contributed by atoms with van der Waals surface area (Å²) in [7, 11) is 3.04. The van der Waals surface area contributed by atoms with Crippen molar-refractivity contribution >= 4 is 17.5 Å². The van der Waals surface area contributed by atoms with Gasteiger partial charge in [0.2, 0.25) is 11.9 Å². The van der Waals surface area contributed by atoms with Crippen LogP contribution in [0.5, 0.6) is 11.5 Å². The van der Waals surface area contributed by atoms with Crippen molar-refractivity contribution in [3.63, 3.8) is 0 Å². The molecule has 1 heterocycles. The van der Waals surface area contributed by atoms with Gasteiger partial charge in [0.05, 0.1) is 14.2 Å². The lowest BCUT2D eigenvalue weighted by Gasteiger charge is -2.33. The highest BCUT2D eigenvalue weighted by Gasteiger charge is 2.63. The van der Waals surface area contributed by atoms with Crippen molar-refractivity contribution in [3.8, 4) is 11.5 Å². The fourth-order valence-electron chi connectivity index (χ4n) is 4.34. The number of cyclic esters (lactones) is 1. The fraction of sp³-hybridized carbons (Fsp3) is 0.300. The van der Waals surface area contributed by atoms with E-state index in [0.717, 1.165) is 0 Å². The number of benzene rings is 3. The Morgan fingerprint density at radius 3 is 1.62 bits per heavy atom. The molecular weight excluding hydrogens is 472 g/mol. The summed E-state index contributed by atoms with van der Waals surface area (Å²) in [5, 5.41) is 0. The molecule has 37 heavy (non-hydrogen) atoms. The first-order valence-corrected chi connectivity index (χ1v) is 11.9. The molecule has 0 unspecified atom stereocenters. The number of rotatable bonds is 8. The van der Waals surface area contributed by atoms with E-state index < -0.39 is 40.8 Å². The molecule has 1 saturated heterocycles. The largest absolute Gasteiger partial charge is 0.497 e. The first kappa shape index (κ1) is 26.1. The van der Waals surface area contributed by atoms with E-state index in [1.165, 1.54) is 14.2 Å². The molecule has 1 aliphatic rings. The van der Waals surface area contributed by atoms with Gasteiger partial charge in [-0.1, -0.05) is 51.1 Å². The predicted octanol–water partition coefficient (Wildman–Crippen LogP) is 5.23. The van der Waals surface area contributed by atoms with Gasteiger partial charge in [-0.25, -0.2) is 4.79 Å². The van der Waals surface area contributed by atoms with Crippen LogP contribution in [0.15, 0.2) is 78.9 Å². The zero-order chi connectivity index (χ0) is 26.8. The van der Waals surface area contributed by atoms with Crippen LogP contribution in [-0.2, 0) is 19.9 Å². The van der Waals surface area contributed by atoms with E-state index in [-0.39, 0.29) is 11.1 Å². The molecule has 0 radical (unpaired) electrons. The van der Waals surface area contributed by atoms with Crippen molar-refractivity contribution < 1.29 is 33.3 Å². The van der Waals surface area contributed by atoms with Gasteiger partial charge >= 0.3 is 5.97 Å². The molecule has 0 aliphatic carbocycles. The Kier molecular flexibility index (Phi) is 7.18. The highest BCUT2D eigenvalue weighted by molar-refractivity contribution is 6.19. The Morgan fingerprint density at radius 2 is 1.24 bits per heavy atom. The molecule has 1 aliphatic heterocycles. The molecule has 192 valence electrons. The molecule has 0 N–H and O–H groups in total. The van der Waals surface area contributed by atoms with Crippen molar-refractivity contribution in [3.05, 3.63) is 95.6 Å². The number of esters is 1. The van der Waals surface area contributed by atoms with Crippen LogP contribution in [0, 0.1) is 11.3 Å². The molecule has 0 saturated carbocycles. The third kappa shape index (κ3) is 4.87. The van der Waals surface area contributed by atoms with Gasteiger partial charge in [-0.05, 0) is 54.1 Å². The van der Waals surface area contributed by atoms with Crippen molar-refractivity contribution in [2.45, 2.75) is 32.7 Å². The lowest BCUT2D eigenvalue weighted by Crippen LogP contribution is -2.49. The minimum absolute atomic E-state index is 0.235. The SMILES string of the molecule is COc1ccc(C(=O)C(C(=O)c2ccc(OC)cc2)[C@@]2(c3ccccc3)O[C@H](C(C)(C)C)OC2=O)cc1. The number of ketones is 2. The first-order valence-electron chi connectivity index (χ1n) is 11.9.